The molecule has 4 rings (SSSR count). The molecule has 0 spiro atoms. The van der Waals surface area contributed by atoms with E-state index < -0.39 is 5.25 Å². The molecular weight excluding hydrogens is 402 g/mol. The first-order valence-corrected chi connectivity index (χ1v) is 10.9. The molecule has 2 heterocycles. The summed E-state index contributed by atoms with van der Waals surface area (Å²) in [7, 11) is 0. The third-order valence-corrected chi connectivity index (χ3v) is 6.36. The van der Waals surface area contributed by atoms with Crippen LogP contribution in [0.5, 0.6) is 0 Å². The van der Waals surface area contributed by atoms with Crippen molar-refractivity contribution < 1.29 is 4.79 Å². The summed E-state index contributed by atoms with van der Waals surface area (Å²) in [5.41, 5.74) is 1.21. The van der Waals surface area contributed by atoms with Crippen molar-refractivity contribution in [2.45, 2.75) is 23.9 Å². The van der Waals surface area contributed by atoms with E-state index in [1.165, 1.54) is 11.8 Å². The molecule has 0 fully saturated rings. The minimum Gasteiger partial charge on any atom is -0.350 e. The molecule has 0 saturated heterocycles. The Hall–Kier alpha value is -2.90. The summed E-state index contributed by atoms with van der Waals surface area (Å²) in [5, 5.41) is 5.58. The Labute approximate surface area is 176 Å². The lowest BCUT2D eigenvalue weighted by molar-refractivity contribution is -0.120. The van der Waals surface area contributed by atoms with Gasteiger partial charge >= 0.3 is 0 Å². The number of nitrogens with zero attached hydrogens (tertiary/aromatic N) is 2. The highest BCUT2D eigenvalue weighted by atomic mass is 32.2. The Bertz CT molecular complexity index is 1190. The third-order valence-electron chi connectivity index (χ3n) is 4.43. The van der Waals surface area contributed by atoms with Gasteiger partial charge in [0.15, 0.2) is 5.16 Å². The highest BCUT2D eigenvalue weighted by molar-refractivity contribution is 8.00. The Kier molecular flexibility index (Phi) is 5.78. The summed E-state index contributed by atoms with van der Waals surface area (Å²) in [6.45, 7) is 2.32. The zero-order chi connectivity index (χ0) is 20.2. The topological polar surface area (TPSA) is 64.0 Å². The first kappa shape index (κ1) is 19.4. The van der Waals surface area contributed by atoms with Crippen molar-refractivity contribution in [3.05, 3.63) is 87.3 Å². The van der Waals surface area contributed by atoms with Crippen LogP contribution in [0.2, 0.25) is 0 Å². The quantitative estimate of drug-likeness (QED) is 0.374. The number of carbonyl (C=O) groups excluding carboxylic acids is 1. The van der Waals surface area contributed by atoms with Crippen LogP contribution in [-0.4, -0.2) is 20.7 Å². The van der Waals surface area contributed by atoms with Crippen LogP contribution in [0, 0.1) is 0 Å². The summed E-state index contributed by atoms with van der Waals surface area (Å²) in [6.07, 6.45) is 0. The minimum atomic E-state index is -0.405. The van der Waals surface area contributed by atoms with Crippen LogP contribution in [0.25, 0.3) is 16.6 Å². The van der Waals surface area contributed by atoms with E-state index in [2.05, 4.69) is 5.32 Å². The van der Waals surface area contributed by atoms with Gasteiger partial charge in [0.1, 0.15) is 0 Å². The second-order valence-electron chi connectivity index (χ2n) is 6.44. The SMILES string of the molecule is CC(Sc1nc2ccccc2c(=O)n1-c1ccccc1)C(=O)NCc1cccs1. The molecule has 4 aromatic rings. The van der Waals surface area contributed by atoms with Crippen LogP contribution in [0.4, 0.5) is 0 Å². The van der Waals surface area contributed by atoms with Crippen LogP contribution in [0.3, 0.4) is 0 Å². The maximum atomic E-state index is 13.2. The normalized spacial score (nSPS) is 12.0. The summed E-state index contributed by atoms with van der Waals surface area (Å²) in [4.78, 5) is 31.6. The van der Waals surface area contributed by atoms with E-state index in [1.54, 1.807) is 22.0 Å². The first-order chi connectivity index (χ1) is 14.1. The van der Waals surface area contributed by atoms with Crippen molar-refractivity contribution in [2.24, 2.45) is 0 Å². The molecule has 0 radical (unpaired) electrons. The minimum absolute atomic E-state index is 0.0922. The van der Waals surface area contributed by atoms with Gasteiger partial charge in [-0.3, -0.25) is 14.2 Å². The Morgan fingerprint density at radius 2 is 1.86 bits per heavy atom. The summed E-state index contributed by atoms with van der Waals surface area (Å²) < 4.78 is 1.58. The zero-order valence-corrected chi connectivity index (χ0v) is 17.4. The Balaban J connectivity index is 1.67. The van der Waals surface area contributed by atoms with Crippen LogP contribution in [0.1, 0.15) is 11.8 Å². The average molecular weight is 422 g/mol. The standard InChI is InChI=1S/C22H19N3O2S2/c1-15(20(26)23-14-17-10-7-13-28-17)29-22-24-19-12-6-5-11-18(19)21(27)25(22)16-8-3-2-4-9-16/h2-13,15H,14H2,1H3,(H,23,26). The van der Waals surface area contributed by atoms with E-state index in [1.807, 2.05) is 73.0 Å². The van der Waals surface area contributed by atoms with Gasteiger partial charge in [-0.1, -0.05) is 48.2 Å². The van der Waals surface area contributed by atoms with Crippen molar-refractivity contribution in [3.63, 3.8) is 0 Å². The predicted octanol–water partition coefficient (Wildman–Crippen LogP) is 4.24. The van der Waals surface area contributed by atoms with E-state index in [4.69, 9.17) is 4.98 Å². The molecule has 0 aliphatic heterocycles. The average Bonchev–Trinajstić information content (AvgIpc) is 3.26. The number of rotatable bonds is 6. The molecule has 146 valence electrons. The molecule has 5 nitrogen and oxygen atoms in total. The number of thioether (sulfide) groups is 1. The van der Waals surface area contributed by atoms with Gasteiger partial charge in [0.25, 0.3) is 5.56 Å². The van der Waals surface area contributed by atoms with E-state index in [-0.39, 0.29) is 11.5 Å². The van der Waals surface area contributed by atoms with Crippen molar-refractivity contribution in [2.75, 3.05) is 0 Å². The molecule has 0 aliphatic carbocycles. The van der Waals surface area contributed by atoms with Gasteiger partial charge in [-0.2, -0.15) is 0 Å². The largest absolute Gasteiger partial charge is 0.350 e. The molecule has 1 amide bonds. The van der Waals surface area contributed by atoms with E-state index in [0.29, 0.717) is 22.6 Å². The van der Waals surface area contributed by atoms with Crippen molar-refractivity contribution in [3.8, 4) is 5.69 Å². The van der Waals surface area contributed by atoms with Crippen LogP contribution >= 0.6 is 23.1 Å². The Morgan fingerprint density at radius 1 is 1.10 bits per heavy atom. The fraction of sp³-hybridized carbons (Fsp3) is 0.136. The predicted molar refractivity (Wildman–Crippen MR) is 119 cm³/mol. The number of hydrogen-bond acceptors (Lipinski definition) is 5. The molecule has 0 aliphatic rings. The van der Waals surface area contributed by atoms with E-state index in [0.717, 1.165) is 10.6 Å². The number of aromatic nitrogens is 2. The number of para-hydroxylation sites is 2. The summed E-state index contributed by atoms with van der Waals surface area (Å²) >= 11 is 2.89. The molecule has 2 aromatic carbocycles. The van der Waals surface area contributed by atoms with Gasteiger partial charge in [0.05, 0.1) is 28.4 Å². The number of nitrogens with one attached hydrogen (secondary N) is 1. The lowest BCUT2D eigenvalue weighted by Gasteiger charge is -2.16. The summed E-state index contributed by atoms with van der Waals surface area (Å²) in [5.74, 6) is -0.0922. The second-order valence-corrected chi connectivity index (χ2v) is 8.79. The van der Waals surface area contributed by atoms with Gasteiger partial charge < -0.3 is 5.32 Å². The molecule has 2 aromatic heterocycles. The highest BCUT2D eigenvalue weighted by Crippen LogP contribution is 2.25. The number of thiophene rings is 1. The van der Waals surface area contributed by atoms with Gasteiger partial charge in [-0.05, 0) is 42.6 Å². The van der Waals surface area contributed by atoms with Gasteiger partial charge in [0, 0.05) is 4.88 Å². The first-order valence-electron chi connectivity index (χ1n) is 9.17. The van der Waals surface area contributed by atoms with Gasteiger partial charge in [-0.15, -0.1) is 11.3 Å². The number of fused-ring (bicyclic) bond motifs is 1. The van der Waals surface area contributed by atoms with Crippen molar-refractivity contribution in [1.82, 2.24) is 14.9 Å². The third kappa shape index (κ3) is 4.26. The maximum Gasteiger partial charge on any atom is 0.266 e. The lowest BCUT2D eigenvalue weighted by Crippen LogP contribution is -2.31. The fourth-order valence-electron chi connectivity index (χ4n) is 2.94. The second kappa shape index (κ2) is 8.63. The van der Waals surface area contributed by atoms with Crippen molar-refractivity contribution >= 4 is 39.9 Å². The van der Waals surface area contributed by atoms with Gasteiger partial charge in [-0.25, -0.2) is 4.98 Å². The molecule has 7 heteroatoms. The van der Waals surface area contributed by atoms with Crippen LogP contribution in [-0.2, 0) is 11.3 Å². The highest BCUT2D eigenvalue weighted by Gasteiger charge is 2.20. The number of hydrogen-bond donors (Lipinski definition) is 1. The molecule has 0 saturated carbocycles. The molecule has 1 N–H and O–H groups in total. The summed E-state index contributed by atoms with van der Waals surface area (Å²) in [6, 6.07) is 20.6. The van der Waals surface area contributed by atoms with Crippen LogP contribution in [0.15, 0.2) is 82.1 Å². The monoisotopic (exact) mass is 421 g/mol. The Morgan fingerprint density at radius 3 is 2.62 bits per heavy atom. The molecule has 1 atom stereocenters. The van der Waals surface area contributed by atoms with Crippen molar-refractivity contribution in [1.29, 1.82) is 0 Å². The number of amides is 1. The molecule has 29 heavy (non-hydrogen) atoms. The maximum absolute atomic E-state index is 13.2. The van der Waals surface area contributed by atoms with Crippen LogP contribution < -0.4 is 10.9 Å². The van der Waals surface area contributed by atoms with E-state index in [9.17, 15) is 9.59 Å². The fourth-order valence-corrected chi connectivity index (χ4v) is 4.53. The molecule has 0 bridgehead atoms. The molecular formula is C22H19N3O2S2. The van der Waals surface area contributed by atoms with Gasteiger partial charge in [0.2, 0.25) is 5.91 Å². The zero-order valence-electron chi connectivity index (χ0n) is 15.7. The molecule has 1 unspecified atom stereocenters. The lowest BCUT2D eigenvalue weighted by atomic mass is 10.2. The smallest absolute Gasteiger partial charge is 0.266 e. The number of carbonyl (C=O) groups is 1. The van der Waals surface area contributed by atoms with E-state index >= 15 is 0 Å². The number of benzene rings is 2.